The van der Waals surface area contributed by atoms with Gasteiger partial charge in [-0.3, -0.25) is 9.59 Å². The van der Waals surface area contributed by atoms with Crippen LogP contribution in [0, 0.1) is 0 Å². The first-order valence-electron chi connectivity index (χ1n) is 5.63. The molecule has 2 amide bonds. The van der Waals surface area contributed by atoms with Crippen LogP contribution < -0.4 is 16.4 Å². The quantitative estimate of drug-likeness (QED) is 0.399. The van der Waals surface area contributed by atoms with Gasteiger partial charge in [0.25, 0.3) is 0 Å². The molecule has 1 atom stereocenters. The Morgan fingerprint density at radius 3 is 2.72 bits per heavy atom. The maximum Gasteiger partial charge on any atom is 0.309 e. The molecule has 1 heterocycles. The van der Waals surface area contributed by atoms with E-state index in [1.54, 1.807) is 0 Å². The van der Waals surface area contributed by atoms with Crippen LogP contribution in [-0.4, -0.2) is 67.6 Å². The first-order valence-corrected chi connectivity index (χ1v) is 6.04. The first-order chi connectivity index (χ1) is 8.49. The van der Waals surface area contributed by atoms with Gasteiger partial charge in [-0.2, -0.15) is 0 Å². The van der Waals surface area contributed by atoms with Gasteiger partial charge in [0.05, 0.1) is 24.2 Å². The molecule has 1 unspecified atom stereocenters. The fourth-order valence-corrected chi connectivity index (χ4v) is 1.60. The van der Waals surface area contributed by atoms with Crippen LogP contribution >= 0.6 is 12.2 Å². The Morgan fingerprint density at radius 1 is 1.44 bits per heavy atom. The normalized spacial score (nSPS) is 20.2. The number of nitrogens with two attached hydrogens (primary N) is 1. The highest BCUT2D eigenvalue weighted by molar-refractivity contribution is 7.80. The van der Waals surface area contributed by atoms with Crippen molar-refractivity contribution in [2.75, 3.05) is 39.8 Å². The summed E-state index contributed by atoms with van der Waals surface area (Å²) in [4.78, 5) is 24.9. The van der Waals surface area contributed by atoms with Crippen LogP contribution in [0.4, 0.5) is 0 Å². The van der Waals surface area contributed by atoms with E-state index in [2.05, 4.69) is 27.8 Å². The zero-order chi connectivity index (χ0) is 13.5. The Labute approximate surface area is 111 Å². The van der Waals surface area contributed by atoms with Crippen LogP contribution in [0.2, 0.25) is 0 Å². The van der Waals surface area contributed by atoms with E-state index in [0.717, 1.165) is 13.1 Å². The third-order valence-corrected chi connectivity index (χ3v) is 2.61. The molecule has 102 valence electrons. The lowest BCUT2D eigenvalue weighted by Gasteiger charge is -2.29. The molecule has 1 rings (SSSR count). The van der Waals surface area contributed by atoms with Gasteiger partial charge >= 0.3 is 11.8 Å². The third-order valence-electron chi connectivity index (χ3n) is 2.46. The molecule has 0 aromatic rings. The fraction of sp³-hybridized carbons (Fsp3) is 0.700. The predicted octanol–water partition coefficient (Wildman–Crippen LogP) is -2.16. The van der Waals surface area contributed by atoms with Gasteiger partial charge in [0.15, 0.2) is 0 Å². The Kier molecular flexibility index (Phi) is 5.96. The van der Waals surface area contributed by atoms with E-state index in [1.807, 2.05) is 7.05 Å². The predicted molar refractivity (Wildman–Crippen MR) is 70.0 cm³/mol. The number of likely N-dealkylation sites (N-methyl/N-ethyl adjacent to an activating group) is 1. The van der Waals surface area contributed by atoms with Crippen molar-refractivity contribution in [2.24, 2.45) is 5.73 Å². The van der Waals surface area contributed by atoms with Crippen molar-refractivity contribution < 1.29 is 14.3 Å². The molecule has 0 aromatic carbocycles. The van der Waals surface area contributed by atoms with E-state index in [9.17, 15) is 9.59 Å². The number of hydrogen-bond donors (Lipinski definition) is 3. The van der Waals surface area contributed by atoms with Crippen molar-refractivity contribution in [3.8, 4) is 0 Å². The molecule has 1 fully saturated rings. The molecule has 1 saturated heterocycles. The summed E-state index contributed by atoms with van der Waals surface area (Å²) < 4.78 is 5.45. The van der Waals surface area contributed by atoms with Gasteiger partial charge in [-0.25, -0.2) is 0 Å². The summed E-state index contributed by atoms with van der Waals surface area (Å²) in [6.45, 7) is 2.56. The van der Waals surface area contributed by atoms with E-state index in [0.29, 0.717) is 13.2 Å². The molecule has 8 heteroatoms. The summed E-state index contributed by atoms with van der Waals surface area (Å²) >= 11 is 4.59. The molecule has 0 bridgehead atoms. The number of amides is 2. The van der Waals surface area contributed by atoms with Gasteiger partial charge in [-0.1, -0.05) is 12.2 Å². The summed E-state index contributed by atoms with van der Waals surface area (Å²) in [5.74, 6) is -1.45. The van der Waals surface area contributed by atoms with Crippen LogP contribution in [0.5, 0.6) is 0 Å². The second kappa shape index (κ2) is 7.24. The largest absolute Gasteiger partial charge is 0.392 e. The minimum absolute atomic E-state index is 0.0181. The first kappa shape index (κ1) is 14.8. The zero-order valence-electron chi connectivity index (χ0n) is 10.3. The zero-order valence-corrected chi connectivity index (χ0v) is 11.1. The number of hydrogen-bond acceptors (Lipinski definition) is 5. The lowest BCUT2D eigenvalue weighted by atomic mass is 10.3. The van der Waals surface area contributed by atoms with Crippen LogP contribution in [0.15, 0.2) is 0 Å². The maximum atomic E-state index is 11.4. The molecule has 1 aliphatic heterocycles. The molecule has 1 aliphatic rings. The van der Waals surface area contributed by atoms with Crippen molar-refractivity contribution in [1.82, 2.24) is 15.5 Å². The number of rotatable bonds is 4. The minimum atomic E-state index is -0.744. The Bertz CT molecular complexity index is 337. The molecule has 4 N–H and O–H groups in total. The van der Waals surface area contributed by atoms with E-state index < -0.39 is 11.8 Å². The fourth-order valence-electron chi connectivity index (χ4n) is 1.52. The smallest absolute Gasteiger partial charge is 0.309 e. The molecule has 0 aromatic heterocycles. The van der Waals surface area contributed by atoms with E-state index >= 15 is 0 Å². The van der Waals surface area contributed by atoms with E-state index in [4.69, 9.17) is 10.5 Å². The van der Waals surface area contributed by atoms with Gasteiger partial charge < -0.3 is 26.0 Å². The summed E-state index contributed by atoms with van der Waals surface area (Å²) in [6, 6.07) is 0. The molecule has 0 spiro atoms. The number of nitrogens with one attached hydrogen (secondary N) is 2. The second-order valence-electron chi connectivity index (χ2n) is 4.11. The van der Waals surface area contributed by atoms with Crippen LogP contribution in [0.25, 0.3) is 0 Å². The SMILES string of the molecule is CN1CCOC(CNC(=O)C(=O)NCC(N)=S)C1. The second-order valence-corrected chi connectivity index (χ2v) is 4.64. The Hall–Kier alpha value is -1.25. The number of thiocarbonyl (C=S) groups is 1. The molecular formula is C10H18N4O3S. The maximum absolute atomic E-state index is 11.4. The average Bonchev–Trinajstić information content (AvgIpc) is 2.33. The summed E-state index contributed by atoms with van der Waals surface area (Å²) in [7, 11) is 1.98. The lowest BCUT2D eigenvalue weighted by Crippen LogP contribution is -2.49. The highest BCUT2D eigenvalue weighted by Crippen LogP contribution is 2.01. The topological polar surface area (TPSA) is 96.7 Å². The van der Waals surface area contributed by atoms with Gasteiger partial charge in [0.1, 0.15) is 0 Å². The van der Waals surface area contributed by atoms with Crippen molar-refractivity contribution in [1.29, 1.82) is 0 Å². The van der Waals surface area contributed by atoms with E-state index in [1.165, 1.54) is 0 Å². The third kappa shape index (κ3) is 5.39. The number of ether oxygens (including phenoxy) is 1. The van der Waals surface area contributed by atoms with Crippen molar-refractivity contribution in [3.63, 3.8) is 0 Å². The molecule has 0 saturated carbocycles. The Morgan fingerprint density at radius 2 is 2.11 bits per heavy atom. The average molecular weight is 274 g/mol. The van der Waals surface area contributed by atoms with E-state index in [-0.39, 0.29) is 17.6 Å². The standard InChI is InChI=1S/C10H18N4O3S/c1-14-2-3-17-7(6-14)4-12-9(15)10(16)13-5-8(11)18/h7H,2-6H2,1H3,(H2,11,18)(H,12,15)(H,13,16). The van der Waals surface area contributed by atoms with Crippen molar-refractivity contribution in [2.45, 2.75) is 6.10 Å². The van der Waals surface area contributed by atoms with Gasteiger partial charge in [0, 0.05) is 19.6 Å². The molecule has 0 aliphatic carbocycles. The van der Waals surface area contributed by atoms with Gasteiger partial charge in [-0.15, -0.1) is 0 Å². The molecule has 7 nitrogen and oxygen atoms in total. The molecule has 18 heavy (non-hydrogen) atoms. The van der Waals surface area contributed by atoms with Gasteiger partial charge in [0.2, 0.25) is 0 Å². The Balaban J connectivity index is 2.23. The highest BCUT2D eigenvalue weighted by atomic mass is 32.1. The summed E-state index contributed by atoms with van der Waals surface area (Å²) in [5, 5.41) is 4.82. The molecular weight excluding hydrogens is 256 g/mol. The monoisotopic (exact) mass is 274 g/mol. The number of carbonyl (C=O) groups excluding carboxylic acids is 2. The van der Waals surface area contributed by atoms with Crippen LogP contribution in [-0.2, 0) is 14.3 Å². The number of nitrogens with zero attached hydrogens (tertiary/aromatic N) is 1. The van der Waals surface area contributed by atoms with Gasteiger partial charge in [-0.05, 0) is 7.05 Å². The summed E-state index contributed by atoms with van der Waals surface area (Å²) in [5.41, 5.74) is 5.21. The summed E-state index contributed by atoms with van der Waals surface area (Å²) in [6.07, 6.45) is -0.0870. The van der Waals surface area contributed by atoms with Crippen molar-refractivity contribution >= 4 is 29.0 Å². The van der Waals surface area contributed by atoms with Crippen molar-refractivity contribution in [3.05, 3.63) is 0 Å². The number of morpholine rings is 1. The molecule has 0 radical (unpaired) electrons. The van der Waals surface area contributed by atoms with Crippen LogP contribution in [0.3, 0.4) is 0 Å². The lowest BCUT2D eigenvalue weighted by molar-refractivity contribution is -0.139. The highest BCUT2D eigenvalue weighted by Gasteiger charge is 2.20. The number of carbonyl (C=O) groups is 2. The minimum Gasteiger partial charge on any atom is -0.392 e. The van der Waals surface area contributed by atoms with Crippen LogP contribution in [0.1, 0.15) is 0 Å².